The minimum Gasteiger partial charge on any atom is -0.298 e. The number of hydrogen-bond acceptors (Lipinski definition) is 3. The minimum atomic E-state index is -0.205. The Morgan fingerprint density at radius 1 is 1.50 bits per heavy atom. The summed E-state index contributed by atoms with van der Waals surface area (Å²) in [6.45, 7) is 9.23. The van der Waals surface area contributed by atoms with Gasteiger partial charge < -0.3 is 0 Å². The first-order valence-electron chi connectivity index (χ1n) is 5.73. The highest BCUT2D eigenvalue weighted by Gasteiger charge is 2.17. The molecule has 0 spiro atoms. The molecule has 1 aromatic rings. The SMILES string of the molecule is CCN(CCC(C)(C)C#N)Cc1cccs1. The number of hydrogen-bond donors (Lipinski definition) is 0. The first-order valence-corrected chi connectivity index (χ1v) is 6.61. The summed E-state index contributed by atoms with van der Waals surface area (Å²) in [5.41, 5.74) is -0.205. The highest BCUT2D eigenvalue weighted by Crippen LogP contribution is 2.20. The van der Waals surface area contributed by atoms with Crippen molar-refractivity contribution in [1.82, 2.24) is 4.90 Å². The third-order valence-electron chi connectivity index (χ3n) is 2.76. The number of rotatable bonds is 6. The summed E-state index contributed by atoms with van der Waals surface area (Å²) in [5.74, 6) is 0. The standard InChI is InChI=1S/C13H20N2S/c1-4-15(8-7-13(2,3)11-14)10-12-6-5-9-16-12/h5-6,9H,4,7-8,10H2,1-3H3. The van der Waals surface area contributed by atoms with Crippen molar-refractivity contribution in [2.24, 2.45) is 5.41 Å². The van der Waals surface area contributed by atoms with Gasteiger partial charge in [-0.05, 0) is 38.3 Å². The minimum absolute atomic E-state index is 0.205. The molecule has 0 saturated carbocycles. The average Bonchev–Trinajstić information content (AvgIpc) is 2.77. The molecule has 1 aromatic heterocycles. The molecule has 0 radical (unpaired) electrons. The van der Waals surface area contributed by atoms with Crippen LogP contribution in [0.5, 0.6) is 0 Å². The summed E-state index contributed by atoms with van der Waals surface area (Å²) in [6.07, 6.45) is 0.933. The van der Waals surface area contributed by atoms with Crippen molar-refractivity contribution >= 4 is 11.3 Å². The first-order chi connectivity index (χ1) is 7.57. The summed E-state index contributed by atoms with van der Waals surface area (Å²) in [7, 11) is 0. The van der Waals surface area contributed by atoms with E-state index < -0.39 is 0 Å². The summed E-state index contributed by atoms with van der Waals surface area (Å²) in [5, 5.41) is 11.1. The fourth-order valence-corrected chi connectivity index (χ4v) is 2.21. The normalized spacial score (nSPS) is 11.7. The van der Waals surface area contributed by atoms with Crippen LogP contribution in [0.4, 0.5) is 0 Å². The lowest BCUT2D eigenvalue weighted by Crippen LogP contribution is -2.27. The van der Waals surface area contributed by atoms with E-state index in [-0.39, 0.29) is 5.41 Å². The van der Waals surface area contributed by atoms with Crippen molar-refractivity contribution in [3.63, 3.8) is 0 Å². The van der Waals surface area contributed by atoms with Gasteiger partial charge in [-0.3, -0.25) is 4.90 Å². The first kappa shape index (κ1) is 13.2. The fourth-order valence-electron chi connectivity index (χ4n) is 1.47. The molecule has 1 heterocycles. The van der Waals surface area contributed by atoms with Gasteiger partial charge in [0.05, 0.1) is 11.5 Å². The van der Waals surface area contributed by atoms with Crippen LogP contribution >= 0.6 is 11.3 Å². The van der Waals surface area contributed by atoms with Gasteiger partial charge in [0.25, 0.3) is 0 Å². The van der Waals surface area contributed by atoms with Crippen LogP contribution in [0.15, 0.2) is 17.5 Å². The lowest BCUT2D eigenvalue weighted by Gasteiger charge is -2.23. The molecule has 0 N–H and O–H groups in total. The lowest BCUT2D eigenvalue weighted by molar-refractivity contribution is 0.247. The fraction of sp³-hybridized carbons (Fsp3) is 0.615. The van der Waals surface area contributed by atoms with Gasteiger partial charge in [0.1, 0.15) is 0 Å². The van der Waals surface area contributed by atoms with Crippen molar-refractivity contribution < 1.29 is 0 Å². The van der Waals surface area contributed by atoms with Crippen LogP contribution < -0.4 is 0 Å². The Bertz CT molecular complexity index is 335. The van der Waals surface area contributed by atoms with Crippen LogP contribution in [0.3, 0.4) is 0 Å². The van der Waals surface area contributed by atoms with E-state index in [4.69, 9.17) is 5.26 Å². The molecule has 3 heteroatoms. The molecule has 0 atom stereocenters. The topological polar surface area (TPSA) is 27.0 Å². The maximum atomic E-state index is 8.97. The number of nitrogens with zero attached hydrogens (tertiary/aromatic N) is 2. The molecule has 0 aliphatic carbocycles. The molecule has 0 bridgehead atoms. The summed E-state index contributed by atoms with van der Waals surface area (Å²) >= 11 is 1.80. The molecule has 0 aliphatic heterocycles. The highest BCUT2D eigenvalue weighted by molar-refractivity contribution is 7.09. The third kappa shape index (κ3) is 4.34. The zero-order chi connectivity index (χ0) is 12.0. The molecule has 0 unspecified atom stereocenters. The van der Waals surface area contributed by atoms with Crippen LogP contribution in [-0.4, -0.2) is 18.0 Å². The Morgan fingerprint density at radius 2 is 2.25 bits per heavy atom. The zero-order valence-electron chi connectivity index (χ0n) is 10.4. The van der Waals surface area contributed by atoms with Gasteiger partial charge in [0.2, 0.25) is 0 Å². The van der Waals surface area contributed by atoms with Crippen LogP contribution in [-0.2, 0) is 6.54 Å². The predicted octanol–water partition coefficient (Wildman–Crippen LogP) is 3.51. The van der Waals surface area contributed by atoms with E-state index in [0.29, 0.717) is 0 Å². The largest absolute Gasteiger partial charge is 0.298 e. The van der Waals surface area contributed by atoms with Gasteiger partial charge in [-0.25, -0.2) is 0 Å². The van der Waals surface area contributed by atoms with Crippen molar-refractivity contribution in [1.29, 1.82) is 5.26 Å². The molecule has 16 heavy (non-hydrogen) atoms. The van der Waals surface area contributed by atoms with E-state index in [1.54, 1.807) is 11.3 Å². The monoisotopic (exact) mass is 236 g/mol. The summed E-state index contributed by atoms with van der Waals surface area (Å²) < 4.78 is 0. The maximum Gasteiger partial charge on any atom is 0.0684 e. The molecule has 0 amide bonds. The second-order valence-corrected chi connectivity index (χ2v) is 5.73. The van der Waals surface area contributed by atoms with E-state index >= 15 is 0 Å². The van der Waals surface area contributed by atoms with E-state index in [1.165, 1.54) is 4.88 Å². The second kappa shape index (κ2) is 6.03. The number of thiophene rings is 1. The van der Waals surface area contributed by atoms with Gasteiger partial charge in [0, 0.05) is 18.0 Å². The molecular weight excluding hydrogens is 216 g/mol. The van der Waals surface area contributed by atoms with Crippen molar-refractivity contribution in [3.05, 3.63) is 22.4 Å². The third-order valence-corrected chi connectivity index (χ3v) is 3.62. The molecule has 0 aromatic carbocycles. The molecule has 0 saturated heterocycles. The van der Waals surface area contributed by atoms with Crippen molar-refractivity contribution in [3.8, 4) is 6.07 Å². The van der Waals surface area contributed by atoms with Gasteiger partial charge in [0.15, 0.2) is 0 Å². The van der Waals surface area contributed by atoms with Gasteiger partial charge in [-0.2, -0.15) is 5.26 Å². The van der Waals surface area contributed by atoms with Crippen LogP contribution in [0, 0.1) is 16.7 Å². The van der Waals surface area contributed by atoms with Crippen LogP contribution in [0.2, 0.25) is 0 Å². The van der Waals surface area contributed by atoms with E-state index in [9.17, 15) is 0 Å². The molecule has 1 rings (SSSR count). The Balaban J connectivity index is 2.42. The molecule has 88 valence electrons. The van der Waals surface area contributed by atoms with Crippen LogP contribution in [0.1, 0.15) is 32.1 Å². The smallest absolute Gasteiger partial charge is 0.0684 e. The lowest BCUT2D eigenvalue weighted by atomic mass is 9.91. The van der Waals surface area contributed by atoms with Gasteiger partial charge in [-0.1, -0.05) is 13.0 Å². The Morgan fingerprint density at radius 3 is 2.75 bits per heavy atom. The molecular formula is C13H20N2S. The van der Waals surface area contributed by atoms with E-state index in [2.05, 4.69) is 35.4 Å². The average molecular weight is 236 g/mol. The highest BCUT2D eigenvalue weighted by atomic mass is 32.1. The molecule has 2 nitrogen and oxygen atoms in total. The van der Waals surface area contributed by atoms with Crippen molar-refractivity contribution in [2.75, 3.05) is 13.1 Å². The van der Waals surface area contributed by atoms with Gasteiger partial charge in [-0.15, -0.1) is 11.3 Å². The van der Waals surface area contributed by atoms with Crippen LogP contribution in [0.25, 0.3) is 0 Å². The van der Waals surface area contributed by atoms with Gasteiger partial charge >= 0.3 is 0 Å². The molecule has 0 fully saturated rings. The summed E-state index contributed by atoms with van der Waals surface area (Å²) in [6, 6.07) is 6.62. The number of nitriles is 1. The second-order valence-electron chi connectivity index (χ2n) is 4.69. The quantitative estimate of drug-likeness (QED) is 0.755. The van der Waals surface area contributed by atoms with E-state index in [1.807, 2.05) is 13.8 Å². The predicted molar refractivity (Wildman–Crippen MR) is 69.3 cm³/mol. The zero-order valence-corrected chi connectivity index (χ0v) is 11.2. The maximum absolute atomic E-state index is 8.97. The molecule has 0 aliphatic rings. The van der Waals surface area contributed by atoms with Crippen molar-refractivity contribution in [2.45, 2.75) is 33.7 Å². The Kier molecular flexibility index (Phi) is 4.98. The Hall–Kier alpha value is -0.850. The summed E-state index contributed by atoms with van der Waals surface area (Å²) in [4.78, 5) is 3.79. The Labute approximate surface area is 103 Å². The van der Waals surface area contributed by atoms with E-state index in [0.717, 1.165) is 26.1 Å².